The highest BCUT2D eigenvalue weighted by Crippen LogP contribution is 2.30. The van der Waals surface area contributed by atoms with Crippen molar-refractivity contribution in [1.29, 1.82) is 0 Å². The van der Waals surface area contributed by atoms with Gasteiger partial charge in [-0.05, 0) is 44.4 Å². The average molecular weight is 409 g/mol. The van der Waals surface area contributed by atoms with E-state index in [0.29, 0.717) is 18.3 Å². The Morgan fingerprint density at radius 3 is 2.92 bits per heavy atom. The van der Waals surface area contributed by atoms with Gasteiger partial charge in [0.2, 0.25) is 0 Å². The Bertz CT molecular complexity index is 802. The molecule has 2 heterocycles. The Balaban J connectivity index is 1.87. The van der Waals surface area contributed by atoms with Gasteiger partial charge in [0.05, 0.1) is 25.4 Å². The van der Waals surface area contributed by atoms with Crippen molar-refractivity contribution in [2.45, 2.75) is 32.2 Å². The number of amides is 1. The van der Waals surface area contributed by atoms with E-state index in [9.17, 15) is 9.59 Å². The lowest BCUT2D eigenvalue weighted by Gasteiger charge is -2.29. The Morgan fingerprint density at radius 1 is 1.40 bits per heavy atom. The van der Waals surface area contributed by atoms with Crippen LogP contribution in [0.25, 0.3) is 10.9 Å². The number of piperidine rings is 1. The monoisotopic (exact) mass is 408 g/mol. The van der Waals surface area contributed by atoms with E-state index in [1.54, 1.807) is 0 Å². The molecule has 1 fully saturated rings. The van der Waals surface area contributed by atoms with Crippen molar-refractivity contribution in [3.8, 4) is 0 Å². The molecule has 2 atom stereocenters. The molecule has 0 radical (unpaired) electrons. The van der Waals surface area contributed by atoms with Crippen LogP contribution in [0, 0.1) is 0 Å². The lowest BCUT2D eigenvalue weighted by molar-refractivity contribution is -0.920. The van der Waals surface area contributed by atoms with Crippen molar-refractivity contribution >= 4 is 44.4 Å². The number of hydrogen-bond acceptors (Lipinski definition) is 3. The first-order chi connectivity index (χ1) is 12.0. The highest BCUT2D eigenvalue weighted by Gasteiger charge is 2.26. The number of methoxy groups -OCH3 is 1. The van der Waals surface area contributed by atoms with Crippen LogP contribution in [0.1, 0.15) is 36.7 Å². The molecule has 0 aliphatic carbocycles. The predicted molar refractivity (Wildman–Crippen MR) is 100.0 cm³/mol. The zero-order chi connectivity index (χ0) is 18.0. The molecule has 1 aliphatic rings. The molecule has 3 rings (SSSR count). The Kier molecular flexibility index (Phi) is 5.44. The maximum atomic E-state index is 12.6. The number of rotatable bonds is 4. The predicted octanol–water partition coefficient (Wildman–Crippen LogP) is 2.11. The second-order valence-electron chi connectivity index (χ2n) is 6.59. The number of nitrogens with one attached hydrogen (secondary N) is 3. The maximum Gasteiger partial charge on any atom is 0.356 e. The molecule has 2 aromatic rings. The number of likely N-dealkylation sites (tertiary alicyclic amines) is 1. The molecule has 1 aliphatic heterocycles. The number of aromatic nitrogens is 1. The third kappa shape index (κ3) is 3.88. The molecule has 1 aromatic carbocycles. The molecule has 1 aromatic heterocycles. The minimum atomic E-state index is -0.499. The summed E-state index contributed by atoms with van der Waals surface area (Å²) in [6, 6.07) is 6.10. The largest absolute Gasteiger partial charge is 0.464 e. The Labute approximate surface area is 155 Å². The van der Waals surface area contributed by atoms with E-state index < -0.39 is 5.97 Å². The van der Waals surface area contributed by atoms with Gasteiger partial charge in [-0.1, -0.05) is 15.9 Å². The number of carbonyl (C=O) groups excluding carboxylic acids is 2. The van der Waals surface area contributed by atoms with E-state index >= 15 is 0 Å². The van der Waals surface area contributed by atoms with Gasteiger partial charge in [0.1, 0.15) is 5.69 Å². The van der Waals surface area contributed by atoms with Crippen LogP contribution in [-0.2, 0) is 9.53 Å². The summed E-state index contributed by atoms with van der Waals surface area (Å²) in [5.74, 6) is -0.587. The fourth-order valence-electron chi connectivity index (χ4n) is 3.45. The number of ether oxygens (including phenoxy) is 1. The van der Waals surface area contributed by atoms with E-state index in [2.05, 4.69) is 33.2 Å². The van der Waals surface area contributed by atoms with Crippen LogP contribution >= 0.6 is 15.9 Å². The third-order valence-corrected chi connectivity index (χ3v) is 5.38. The van der Waals surface area contributed by atoms with E-state index in [0.717, 1.165) is 34.8 Å². The van der Waals surface area contributed by atoms with Gasteiger partial charge in [-0.15, -0.1) is 0 Å². The van der Waals surface area contributed by atoms with Gasteiger partial charge in [-0.2, -0.15) is 0 Å². The first-order valence-corrected chi connectivity index (χ1v) is 9.33. The molecule has 1 amide bonds. The summed E-state index contributed by atoms with van der Waals surface area (Å²) in [6.45, 7) is 3.60. The van der Waals surface area contributed by atoms with E-state index in [-0.39, 0.29) is 11.6 Å². The second-order valence-corrected chi connectivity index (χ2v) is 7.50. The van der Waals surface area contributed by atoms with Crippen molar-refractivity contribution in [2.75, 3.05) is 25.5 Å². The number of hydrogen-bond donors (Lipinski definition) is 3. The van der Waals surface area contributed by atoms with Crippen LogP contribution in [-0.4, -0.2) is 43.1 Å². The molecule has 7 heteroatoms. The van der Waals surface area contributed by atoms with E-state index in [4.69, 9.17) is 4.74 Å². The topological polar surface area (TPSA) is 75.6 Å². The van der Waals surface area contributed by atoms with Crippen molar-refractivity contribution in [3.05, 3.63) is 28.4 Å². The molecule has 134 valence electrons. The van der Waals surface area contributed by atoms with Gasteiger partial charge < -0.3 is 19.9 Å². The lowest BCUT2D eigenvalue weighted by Crippen LogP contribution is -3.17. The zero-order valence-electron chi connectivity index (χ0n) is 14.4. The molecule has 25 heavy (non-hydrogen) atoms. The number of quaternary nitrogens is 1. The van der Waals surface area contributed by atoms with Crippen LogP contribution in [0.4, 0.5) is 5.69 Å². The van der Waals surface area contributed by atoms with E-state index in [1.807, 2.05) is 18.2 Å². The SMILES string of the molecule is COC(=O)c1[nH]c2ccc(Br)cc2c1NC(=O)C[NH+]1CCCC[C@@H]1C. The molecule has 1 unspecified atom stereocenters. The van der Waals surface area contributed by atoms with Crippen molar-refractivity contribution in [2.24, 2.45) is 0 Å². The van der Waals surface area contributed by atoms with Crippen molar-refractivity contribution in [3.63, 3.8) is 0 Å². The normalized spacial score (nSPS) is 20.4. The molecular formula is C18H23BrN3O3+. The minimum Gasteiger partial charge on any atom is -0.464 e. The molecule has 0 saturated carbocycles. The summed E-state index contributed by atoms with van der Waals surface area (Å²) in [5.41, 5.74) is 1.53. The number of halogens is 1. The van der Waals surface area contributed by atoms with Gasteiger partial charge in [0, 0.05) is 15.4 Å². The Hall–Kier alpha value is -1.86. The first-order valence-electron chi connectivity index (χ1n) is 8.53. The summed E-state index contributed by atoms with van der Waals surface area (Å²) in [4.78, 5) is 29.0. The number of aromatic amines is 1. The Morgan fingerprint density at radius 2 is 2.20 bits per heavy atom. The summed E-state index contributed by atoms with van der Waals surface area (Å²) in [6.07, 6.45) is 3.53. The molecular weight excluding hydrogens is 386 g/mol. The maximum absolute atomic E-state index is 12.6. The first kappa shape index (κ1) is 17.9. The van der Waals surface area contributed by atoms with Gasteiger partial charge in [0.25, 0.3) is 5.91 Å². The second kappa shape index (κ2) is 7.58. The smallest absolute Gasteiger partial charge is 0.356 e. The number of fused-ring (bicyclic) bond motifs is 1. The quantitative estimate of drug-likeness (QED) is 0.678. The summed E-state index contributed by atoms with van der Waals surface area (Å²) < 4.78 is 5.72. The van der Waals surface area contributed by atoms with Crippen LogP contribution in [0.2, 0.25) is 0 Å². The number of H-pyrrole nitrogens is 1. The number of carbonyl (C=O) groups is 2. The molecule has 0 bridgehead atoms. The summed E-state index contributed by atoms with van der Waals surface area (Å²) in [5, 5.41) is 3.71. The van der Waals surface area contributed by atoms with Crippen LogP contribution in [0.15, 0.2) is 22.7 Å². The van der Waals surface area contributed by atoms with Crippen molar-refractivity contribution < 1.29 is 19.2 Å². The van der Waals surface area contributed by atoms with Gasteiger partial charge in [-0.3, -0.25) is 4.79 Å². The average Bonchev–Trinajstić information content (AvgIpc) is 2.94. The minimum absolute atomic E-state index is 0.0882. The van der Waals surface area contributed by atoms with E-state index in [1.165, 1.54) is 18.4 Å². The highest BCUT2D eigenvalue weighted by molar-refractivity contribution is 9.10. The third-order valence-electron chi connectivity index (χ3n) is 4.88. The van der Waals surface area contributed by atoms with Gasteiger partial charge >= 0.3 is 5.97 Å². The fourth-order valence-corrected chi connectivity index (χ4v) is 3.82. The molecule has 0 spiro atoms. The van der Waals surface area contributed by atoms with Crippen LogP contribution in [0.3, 0.4) is 0 Å². The highest BCUT2D eigenvalue weighted by atomic mass is 79.9. The standard InChI is InChI=1S/C18H22BrN3O3/c1-11-5-3-4-8-22(11)10-15(23)21-16-13-9-12(19)6-7-14(13)20-17(16)18(24)25-2/h6-7,9,11,20H,3-5,8,10H2,1-2H3,(H,21,23)/p+1/t11-/m0/s1. The van der Waals surface area contributed by atoms with Crippen molar-refractivity contribution in [1.82, 2.24) is 4.98 Å². The zero-order valence-corrected chi connectivity index (χ0v) is 16.0. The summed E-state index contributed by atoms with van der Waals surface area (Å²) in [7, 11) is 1.33. The lowest BCUT2D eigenvalue weighted by atomic mass is 10.0. The number of benzene rings is 1. The van der Waals surface area contributed by atoms with Crippen LogP contribution in [0.5, 0.6) is 0 Å². The van der Waals surface area contributed by atoms with Gasteiger partial charge in [-0.25, -0.2) is 4.79 Å². The number of anilines is 1. The molecule has 6 nitrogen and oxygen atoms in total. The van der Waals surface area contributed by atoms with Crippen LogP contribution < -0.4 is 10.2 Å². The fraction of sp³-hybridized carbons (Fsp3) is 0.444. The molecule has 3 N–H and O–H groups in total. The molecule has 1 saturated heterocycles. The summed E-state index contributed by atoms with van der Waals surface area (Å²) >= 11 is 3.44. The number of esters is 1. The van der Waals surface area contributed by atoms with Gasteiger partial charge in [0.15, 0.2) is 6.54 Å².